The van der Waals surface area contributed by atoms with Gasteiger partial charge >= 0.3 is 6.18 Å². The maximum absolute atomic E-state index is 14.0. The summed E-state index contributed by atoms with van der Waals surface area (Å²) in [5.74, 6) is 0.896. The summed E-state index contributed by atoms with van der Waals surface area (Å²) in [4.78, 5) is 11.8. The number of ether oxygens (including phenoxy) is 2. The molecule has 0 aliphatic carbocycles. The third-order valence-electron chi connectivity index (χ3n) is 5.99. The number of nitrogens with zero attached hydrogens (tertiary/aromatic N) is 4. The van der Waals surface area contributed by atoms with Crippen molar-refractivity contribution < 1.29 is 22.6 Å². The van der Waals surface area contributed by atoms with Gasteiger partial charge in [0.2, 0.25) is 5.88 Å². The molecule has 0 amide bonds. The fourth-order valence-electron chi connectivity index (χ4n) is 4.34. The van der Waals surface area contributed by atoms with Crippen molar-refractivity contribution in [2.24, 2.45) is 0 Å². The van der Waals surface area contributed by atoms with Crippen LogP contribution in [0.25, 0.3) is 0 Å². The molecule has 0 bridgehead atoms. The lowest BCUT2D eigenvalue weighted by molar-refractivity contribution is -0.138. The molecule has 0 radical (unpaired) electrons. The molecule has 0 unspecified atom stereocenters. The first kappa shape index (κ1) is 22.9. The minimum Gasteiger partial charge on any atom is -0.439 e. The topological polar surface area (TPSA) is 50.7 Å². The Hall–Kier alpha value is -2.88. The van der Waals surface area contributed by atoms with Gasteiger partial charge in [0.1, 0.15) is 17.2 Å². The van der Waals surface area contributed by atoms with Crippen molar-refractivity contribution in [3.05, 3.63) is 70.6 Å². The van der Waals surface area contributed by atoms with Crippen LogP contribution in [0.2, 0.25) is 5.15 Å². The first-order chi connectivity index (χ1) is 16.4. The van der Waals surface area contributed by atoms with Gasteiger partial charge < -0.3 is 14.4 Å². The van der Waals surface area contributed by atoms with Gasteiger partial charge in [-0.2, -0.15) is 13.2 Å². The van der Waals surface area contributed by atoms with Crippen molar-refractivity contribution >= 4 is 23.0 Å². The average Bonchev–Trinajstić information content (AvgIpc) is 3.23. The lowest BCUT2D eigenvalue weighted by atomic mass is 10.0. The minimum absolute atomic E-state index is 0.253. The van der Waals surface area contributed by atoms with E-state index in [-0.39, 0.29) is 17.3 Å². The quantitative estimate of drug-likeness (QED) is 0.442. The largest absolute Gasteiger partial charge is 0.439 e. The summed E-state index contributed by atoms with van der Waals surface area (Å²) >= 11 is 5.88. The van der Waals surface area contributed by atoms with Gasteiger partial charge in [0, 0.05) is 43.6 Å². The van der Waals surface area contributed by atoms with E-state index in [4.69, 9.17) is 21.1 Å². The second-order valence-electron chi connectivity index (χ2n) is 8.20. The molecule has 1 saturated heterocycles. The summed E-state index contributed by atoms with van der Waals surface area (Å²) in [6.07, 6.45) is -2.43. The Morgan fingerprint density at radius 3 is 2.59 bits per heavy atom. The fourth-order valence-corrected chi connectivity index (χ4v) is 4.47. The Bertz CT molecular complexity index is 1190. The third-order valence-corrected chi connectivity index (χ3v) is 6.19. The molecule has 3 aromatic rings. The summed E-state index contributed by atoms with van der Waals surface area (Å²) in [7, 11) is 0. The average molecular weight is 491 g/mol. The minimum atomic E-state index is -4.43. The molecule has 0 spiro atoms. The van der Waals surface area contributed by atoms with E-state index in [9.17, 15) is 13.2 Å². The third kappa shape index (κ3) is 4.96. The molecule has 10 heteroatoms. The molecule has 2 aliphatic rings. The molecule has 0 saturated carbocycles. The van der Waals surface area contributed by atoms with Crippen LogP contribution in [0.4, 0.5) is 24.5 Å². The molecule has 2 aromatic carbocycles. The van der Waals surface area contributed by atoms with Crippen LogP contribution >= 0.6 is 11.6 Å². The number of hydrogen-bond acceptors (Lipinski definition) is 6. The van der Waals surface area contributed by atoms with Gasteiger partial charge in [0.25, 0.3) is 0 Å². The van der Waals surface area contributed by atoms with E-state index < -0.39 is 11.7 Å². The fraction of sp³-hybridized carbons (Fsp3) is 0.333. The number of aromatic nitrogens is 2. The maximum atomic E-state index is 14.0. The highest BCUT2D eigenvalue weighted by Crippen LogP contribution is 2.41. The molecule has 0 atom stereocenters. The standard InChI is InChI=1S/C24H22ClF3N4O2/c25-22-13-23(30-15-29-22)34-19-3-4-21-16(11-19)5-6-32(21)18-2-1-17(20(12-18)24(26,27)28)14-31-7-9-33-10-8-31/h1-4,11-13,15H,5-10,14H2. The Morgan fingerprint density at radius 2 is 1.82 bits per heavy atom. The lowest BCUT2D eigenvalue weighted by Gasteiger charge is -2.28. The van der Waals surface area contributed by atoms with E-state index in [0.717, 1.165) is 11.3 Å². The number of hydrogen-bond donors (Lipinski definition) is 0. The first-order valence-electron chi connectivity index (χ1n) is 10.9. The van der Waals surface area contributed by atoms with Gasteiger partial charge in [-0.25, -0.2) is 9.97 Å². The Labute approximate surface area is 199 Å². The van der Waals surface area contributed by atoms with Gasteiger partial charge in [0.05, 0.1) is 18.8 Å². The molecule has 3 heterocycles. The van der Waals surface area contributed by atoms with Crippen molar-refractivity contribution in [2.75, 3.05) is 37.7 Å². The number of fused-ring (bicyclic) bond motifs is 1. The summed E-state index contributed by atoms with van der Waals surface area (Å²) in [5.41, 5.74) is 2.06. The van der Waals surface area contributed by atoms with Gasteiger partial charge in [0.15, 0.2) is 0 Å². The molecule has 6 nitrogen and oxygen atoms in total. The highest BCUT2D eigenvalue weighted by atomic mass is 35.5. The molecule has 1 fully saturated rings. The normalized spacial score (nSPS) is 16.5. The first-order valence-corrected chi connectivity index (χ1v) is 11.3. The second kappa shape index (κ2) is 9.40. The predicted molar refractivity (Wildman–Crippen MR) is 122 cm³/mol. The predicted octanol–water partition coefficient (Wildman–Crippen LogP) is 5.47. The molecule has 34 heavy (non-hydrogen) atoms. The van der Waals surface area contributed by atoms with Crippen LogP contribution in [-0.4, -0.2) is 47.7 Å². The number of benzene rings is 2. The summed E-state index contributed by atoms with van der Waals surface area (Å²) < 4.78 is 52.9. The zero-order valence-electron chi connectivity index (χ0n) is 18.2. The zero-order chi connectivity index (χ0) is 23.7. The van der Waals surface area contributed by atoms with Crippen LogP contribution in [0.3, 0.4) is 0 Å². The van der Waals surface area contributed by atoms with E-state index in [0.29, 0.717) is 56.6 Å². The van der Waals surface area contributed by atoms with E-state index >= 15 is 0 Å². The number of morpholine rings is 1. The van der Waals surface area contributed by atoms with E-state index in [2.05, 4.69) is 9.97 Å². The summed E-state index contributed by atoms with van der Waals surface area (Å²) in [5, 5.41) is 0.273. The van der Waals surface area contributed by atoms with Gasteiger partial charge in [-0.1, -0.05) is 17.7 Å². The Balaban J connectivity index is 1.39. The van der Waals surface area contributed by atoms with Gasteiger partial charge in [-0.05, 0) is 47.9 Å². The highest BCUT2D eigenvalue weighted by Gasteiger charge is 2.35. The van der Waals surface area contributed by atoms with Crippen LogP contribution in [0.5, 0.6) is 11.6 Å². The van der Waals surface area contributed by atoms with Gasteiger partial charge in [-0.3, -0.25) is 4.90 Å². The Kier molecular flexibility index (Phi) is 6.33. The van der Waals surface area contributed by atoms with Crippen molar-refractivity contribution in [3.8, 4) is 11.6 Å². The van der Waals surface area contributed by atoms with Crippen LogP contribution in [-0.2, 0) is 23.9 Å². The smallest absolute Gasteiger partial charge is 0.416 e. The second-order valence-corrected chi connectivity index (χ2v) is 8.59. The highest BCUT2D eigenvalue weighted by molar-refractivity contribution is 6.29. The molecule has 178 valence electrons. The number of rotatable bonds is 5. The molecule has 0 N–H and O–H groups in total. The number of anilines is 2. The van der Waals surface area contributed by atoms with E-state index in [1.54, 1.807) is 18.2 Å². The summed E-state index contributed by atoms with van der Waals surface area (Å²) in [6.45, 7) is 3.18. The van der Waals surface area contributed by atoms with E-state index in [1.165, 1.54) is 18.5 Å². The Morgan fingerprint density at radius 1 is 1.00 bits per heavy atom. The molecule has 2 aliphatic heterocycles. The van der Waals surface area contributed by atoms with Crippen molar-refractivity contribution in [1.82, 2.24) is 14.9 Å². The van der Waals surface area contributed by atoms with Crippen LogP contribution in [0, 0.1) is 0 Å². The lowest BCUT2D eigenvalue weighted by Crippen LogP contribution is -2.36. The van der Waals surface area contributed by atoms with Crippen molar-refractivity contribution in [2.45, 2.75) is 19.1 Å². The van der Waals surface area contributed by atoms with Crippen LogP contribution in [0.1, 0.15) is 16.7 Å². The van der Waals surface area contributed by atoms with Crippen LogP contribution < -0.4 is 9.64 Å². The van der Waals surface area contributed by atoms with Crippen LogP contribution in [0.15, 0.2) is 48.8 Å². The molecular formula is C24H22ClF3N4O2. The maximum Gasteiger partial charge on any atom is 0.416 e. The molecular weight excluding hydrogens is 469 g/mol. The van der Waals surface area contributed by atoms with Gasteiger partial charge in [-0.15, -0.1) is 0 Å². The summed E-state index contributed by atoms with van der Waals surface area (Å²) in [6, 6.07) is 11.6. The zero-order valence-corrected chi connectivity index (χ0v) is 18.9. The monoisotopic (exact) mass is 490 g/mol. The van der Waals surface area contributed by atoms with Crippen molar-refractivity contribution in [3.63, 3.8) is 0 Å². The number of alkyl halides is 3. The number of halogens is 4. The molecule has 5 rings (SSSR count). The van der Waals surface area contributed by atoms with E-state index in [1.807, 2.05) is 21.9 Å². The SMILES string of the molecule is FC(F)(F)c1cc(N2CCc3cc(Oc4cc(Cl)ncn4)ccc32)ccc1CN1CCOCC1. The van der Waals surface area contributed by atoms with Crippen molar-refractivity contribution in [1.29, 1.82) is 0 Å². The molecule has 1 aromatic heterocycles.